The Morgan fingerprint density at radius 1 is 1.36 bits per heavy atom. The summed E-state index contributed by atoms with van der Waals surface area (Å²) >= 11 is 0. The van der Waals surface area contributed by atoms with E-state index in [1.807, 2.05) is 46.6 Å². The van der Waals surface area contributed by atoms with E-state index in [4.69, 9.17) is 10.4 Å². The summed E-state index contributed by atoms with van der Waals surface area (Å²) in [6.07, 6.45) is 6.72. The van der Waals surface area contributed by atoms with Crippen molar-refractivity contribution >= 4 is 22.9 Å². The fourth-order valence-corrected chi connectivity index (χ4v) is 2.33. The molecule has 1 aromatic carbocycles. The Balaban J connectivity index is 2.25. The molecule has 22 heavy (non-hydrogen) atoms. The Hall–Kier alpha value is -3.33. The van der Waals surface area contributed by atoms with Crippen molar-refractivity contribution in [1.82, 2.24) is 14.1 Å². The van der Waals surface area contributed by atoms with Gasteiger partial charge in [-0.15, -0.1) is 0 Å². The molecule has 0 aliphatic heterocycles. The fourth-order valence-electron chi connectivity index (χ4n) is 2.33. The van der Waals surface area contributed by atoms with E-state index < -0.39 is 5.97 Å². The average molecular weight is 292 g/mol. The lowest BCUT2D eigenvalue weighted by Gasteiger charge is -1.99. The number of nitriles is 1. The summed E-state index contributed by atoms with van der Waals surface area (Å²) in [5, 5.41) is 18.8. The number of para-hydroxylation sites is 1. The Bertz CT molecular complexity index is 941. The van der Waals surface area contributed by atoms with Crippen molar-refractivity contribution in [2.75, 3.05) is 0 Å². The maximum absolute atomic E-state index is 11.0. The van der Waals surface area contributed by atoms with Crippen molar-refractivity contribution in [2.45, 2.75) is 0 Å². The number of hydrogen-bond acceptors (Lipinski definition) is 3. The number of nitrogens with zero attached hydrogens (tertiary/aromatic N) is 4. The highest BCUT2D eigenvalue weighted by Crippen LogP contribution is 2.26. The van der Waals surface area contributed by atoms with Gasteiger partial charge in [0.05, 0.1) is 11.8 Å². The van der Waals surface area contributed by atoms with Gasteiger partial charge in [0, 0.05) is 30.4 Å². The molecule has 0 saturated heterocycles. The second-order valence-corrected chi connectivity index (χ2v) is 4.84. The lowest BCUT2D eigenvalue weighted by atomic mass is 10.1. The number of hydrogen-bond donors (Lipinski definition) is 1. The van der Waals surface area contributed by atoms with Crippen LogP contribution in [0.5, 0.6) is 0 Å². The van der Waals surface area contributed by atoms with Crippen LogP contribution in [-0.4, -0.2) is 25.2 Å². The van der Waals surface area contributed by atoms with Crippen LogP contribution >= 0.6 is 0 Å². The lowest BCUT2D eigenvalue weighted by molar-refractivity contribution is -0.132. The van der Waals surface area contributed by atoms with Crippen molar-refractivity contribution < 1.29 is 9.90 Å². The van der Waals surface area contributed by atoms with E-state index in [0.717, 1.165) is 16.7 Å². The maximum atomic E-state index is 11.0. The molecule has 0 spiro atoms. The normalized spacial score (nSPS) is 11.5. The number of benzene rings is 1. The van der Waals surface area contributed by atoms with Gasteiger partial charge in [-0.05, 0) is 12.1 Å². The first-order valence-corrected chi connectivity index (χ1v) is 6.53. The summed E-state index contributed by atoms with van der Waals surface area (Å²) in [5.74, 6) is -0.510. The van der Waals surface area contributed by atoms with E-state index in [1.165, 1.54) is 6.08 Å². The molecule has 108 valence electrons. The molecule has 6 heteroatoms. The summed E-state index contributed by atoms with van der Waals surface area (Å²) in [7, 11) is 1.88. The Kier molecular flexibility index (Phi) is 3.24. The molecule has 2 heterocycles. The number of carboxylic acids is 1. The minimum absolute atomic E-state index is 0.302. The van der Waals surface area contributed by atoms with Crippen LogP contribution in [0.4, 0.5) is 0 Å². The topological polar surface area (TPSA) is 83.8 Å². The summed E-state index contributed by atoms with van der Waals surface area (Å²) in [5.41, 5.74) is 1.26. The molecule has 0 amide bonds. The SMILES string of the molecule is Cn1cnc(-n2cc(/C=C(\C#N)C(=O)O)c3ccccc32)c1. The number of carbonyl (C=O) groups is 1. The van der Waals surface area contributed by atoms with E-state index in [0.29, 0.717) is 5.56 Å². The van der Waals surface area contributed by atoms with E-state index in [2.05, 4.69) is 4.98 Å². The number of carboxylic acid groups (broad SMARTS) is 1. The molecular formula is C16H12N4O2. The quantitative estimate of drug-likeness (QED) is 0.593. The zero-order chi connectivity index (χ0) is 15.7. The predicted molar refractivity (Wildman–Crippen MR) is 81.3 cm³/mol. The van der Waals surface area contributed by atoms with Crippen LogP contribution in [-0.2, 0) is 11.8 Å². The van der Waals surface area contributed by atoms with Gasteiger partial charge in [0.2, 0.25) is 0 Å². The number of aryl methyl sites for hydroxylation is 1. The molecule has 0 aliphatic rings. The van der Waals surface area contributed by atoms with Gasteiger partial charge < -0.3 is 9.67 Å². The molecule has 3 aromatic rings. The zero-order valence-corrected chi connectivity index (χ0v) is 11.8. The van der Waals surface area contributed by atoms with Gasteiger partial charge in [-0.2, -0.15) is 5.26 Å². The van der Waals surface area contributed by atoms with Crippen LogP contribution in [0.1, 0.15) is 5.56 Å². The fraction of sp³-hybridized carbons (Fsp3) is 0.0625. The minimum atomic E-state index is -1.24. The third-order valence-corrected chi connectivity index (χ3v) is 3.33. The molecule has 0 saturated carbocycles. The maximum Gasteiger partial charge on any atom is 0.346 e. The first kappa shape index (κ1) is 13.6. The first-order valence-electron chi connectivity index (χ1n) is 6.53. The van der Waals surface area contributed by atoms with Gasteiger partial charge in [0.25, 0.3) is 0 Å². The lowest BCUT2D eigenvalue weighted by Crippen LogP contribution is -1.97. The Morgan fingerprint density at radius 2 is 2.14 bits per heavy atom. The summed E-state index contributed by atoms with van der Waals surface area (Å²) in [4.78, 5) is 15.3. The molecule has 0 radical (unpaired) electrons. The van der Waals surface area contributed by atoms with Crippen LogP contribution in [0.15, 0.2) is 48.6 Å². The van der Waals surface area contributed by atoms with Crippen LogP contribution < -0.4 is 0 Å². The first-order chi connectivity index (χ1) is 10.6. The van der Waals surface area contributed by atoms with Crippen molar-refractivity contribution in [1.29, 1.82) is 5.26 Å². The standard InChI is InChI=1S/C16H12N4O2/c1-19-9-15(18-10-19)20-8-12(6-11(7-17)16(21)22)13-4-2-3-5-14(13)20/h2-6,8-10H,1H3,(H,21,22)/b11-6+. The van der Waals surface area contributed by atoms with Gasteiger partial charge in [0.15, 0.2) is 5.82 Å². The molecule has 0 aliphatic carbocycles. The predicted octanol–water partition coefficient (Wildman–Crippen LogP) is 2.36. The number of aliphatic carboxylic acids is 1. The summed E-state index contributed by atoms with van der Waals surface area (Å²) in [6, 6.07) is 9.28. The average Bonchev–Trinajstić information content (AvgIpc) is 3.08. The third-order valence-electron chi connectivity index (χ3n) is 3.33. The monoisotopic (exact) mass is 292 g/mol. The smallest absolute Gasteiger partial charge is 0.346 e. The zero-order valence-electron chi connectivity index (χ0n) is 11.8. The highest BCUT2D eigenvalue weighted by molar-refractivity contribution is 6.00. The van der Waals surface area contributed by atoms with E-state index >= 15 is 0 Å². The summed E-state index contributed by atoms with van der Waals surface area (Å²) < 4.78 is 3.70. The molecule has 3 rings (SSSR count). The minimum Gasteiger partial charge on any atom is -0.477 e. The van der Waals surface area contributed by atoms with Gasteiger partial charge in [-0.25, -0.2) is 9.78 Å². The molecule has 6 nitrogen and oxygen atoms in total. The van der Waals surface area contributed by atoms with Crippen molar-refractivity contribution in [2.24, 2.45) is 7.05 Å². The highest BCUT2D eigenvalue weighted by atomic mass is 16.4. The van der Waals surface area contributed by atoms with E-state index in [9.17, 15) is 4.79 Å². The van der Waals surface area contributed by atoms with E-state index in [1.54, 1.807) is 18.6 Å². The second kappa shape index (κ2) is 5.22. The second-order valence-electron chi connectivity index (χ2n) is 4.84. The van der Waals surface area contributed by atoms with Crippen LogP contribution in [0, 0.1) is 11.3 Å². The van der Waals surface area contributed by atoms with Crippen molar-refractivity contribution in [3.8, 4) is 11.9 Å². The Morgan fingerprint density at radius 3 is 2.77 bits per heavy atom. The van der Waals surface area contributed by atoms with Gasteiger partial charge in [-0.3, -0.25) is 4.57 Å². The van der Waals surface area contributed by atoms with Gasteiger partial charge >= 0.3 is 5.97 Å². The van der Waals surface area contributed by atoms with Gasteiger partial charge in [-0.1, -0.05) is 18.2 Å². The van der Waals surface area contributed by atoms with E-state index in [-0.39, 0.29) is 5.57 Å². The van der Waals surface area contributed by atoms with Gasteiger partial charge in [0.1, 0.15) is 11.6 Å². The molecule has 0 unspecified atom stereocenters. The number of aromatic nitrogens is 3. The van der Waals surface area contributed by atoms with Crippen LogP contribution in [0.2, 0.25) is 0 Å². The summed E-state index contributed by atoms with van der Waals surface area (Å²) in [6.45, 7) is 0. The molecule has 0 fully saturated rings. The third kappa shape index (κ3) is 2.25. The molecule has 1 N–H and O–H groups in total. The van der Waals surface area contributed by atoms with Crippen LogP contribution in [0.25, 0.3) is 22.8 Å². The number of fused-ring (bicyclic) bond motifs is 1. The molecular weight excluding hydrogens is 280 g/mol. The van der Waals surface area contributed by atoms with Crippen molar-refractivity contribution in [3.05, 3.63) is 54.1 Å². The van der Waals surface area contributed by atoms with Crippen molar-refractivity contribution in [3.63, 3.8) is 0 Å². The number of imidazole rings is 1. The Labute approximate surface area is 126 Å². The molecule has 0 atom stereocenters. The number of rotatable bonds is 3. The largest absolute Gasteiger partial charge is 0.477 e. The highest BCUT2D eigenvalue weighted by Gasteiger charge is 2.12. The molecule has 0 bridgehead atoms. The molecule has 2 aromatic heterocycles. The van der Waals surface area contributed by atoms with Crippen LogP contribution in [0.3, 0.4) is 0 Å².